The van der Waals surface area contributed by atoms with Crippen molar-refractivity contribution in [3.63, 3.8) is 0 Å². The Morgan fingerprint density at radius 1 is 0.963 bits per heavy atom. The van der Waals surface area contributed by atoms with Gasteiger partial charge in [0.2, 0.25) is 0 Å². The van der Waals surface area contributed by atoms with Crippen LogP contribution in [0.4, 0.5) is 0 Å². The Kier molecular flexibility index (Phi) is 10.8. The van der Waals surface area contributed by atoms with E-state index in [2.05, 4.69) is 27.7 Å². The summed E-state index contributed by atoms with van der Waals surface area (Å²) in [7, 11) is -4.64. The fraction of sp³-hybridized carbons (Fsp3) is 0.727. The third-order valence-electron chi connectivity index (χ3n) is 5.74. The number of phosphoric acid groups is 1. The van der Waals surface area contributed by atoms with E-state index in [1.165, 1.54) is 0 Å². The summed E-state index contributed by atoms with van der Waals surface area (Å²) in [6.07, 6.45) is 8.80. The van der Waals surface area contributed by atoms with E-state index in [1.807, 2.05) is 30.3 Å². The molecule has 0 saturated heterocycles. The fourth-order valence-corrected chi connectivity index (χ4v) is 4.96. The summed E-state index contributed by atoms with van der Waals surface area (Å²) >= 11 is 0. The molecule has 0 amide bonds. The monoisotopic (exact) mass is 398 g/mol. The lowest BCUT2D eigenvalue weighted by Crippen LogP contribution is -2.39. The van der Waals surface area contributed by atoms with Crippen molar-refractivity contribution in [3.05, 3.63) is 35.9 Å². The quantitative estimate of drug-likeness (QED) is 0.338. The highest BCUT2D eigenvalue weighted by molar-refractivity contribution is 7.46. The number of rotatable bonds is 14. The first kappa shape index (κ1) is 24.4. The molecule has 0 aliphatic heterocycles. The average Bonchev–Trinajstić information content (AvgIpc) is 2.64. The molecule has 0 aromatic heterocycles. The van der Waals surface area contributed by atoms with Gasteiger partial charge in [0, 0.05) is 0 Å². The van der Waals surface area contributed by atoms with Gasteiger partial charge in [-0.2, -0.15) is 0 Å². The summed E-state index contributed by atoms with van der Waals surface area (Å²) in [4.78, 5) is 19.7. The summed E-state index contributed by atoms with van der Waals surface area (Å²) in [6, 6.07) is 9.75. The van der Waals surface area contributed by atoms with Crippen molar-refractivity contribution >= 4 is 7.82 Å². The summed E-state index contributed by atoms with van der Waals surface area (Å²) in [6.45, 7) is 8.60. The van der Waals surface area contributed by atoms with Crippen LogP contribution >= 0.6 is 7.82 Å². The minimum absolute atomic E-state index is 0.0724. The molecule has 0 aliphatic rings. The Hall–Kier alpha value is -0.670. The molecule has 0 heterocycles. The van der Waals surface area contributed by atoms with Gasteiger partial charge in [0.25, 0.3) is 0 Å². The van der Waals surface area contributed by atoms with Crippen molar-refractivity contribution in [1.29, 1.82) is 0 Å². The van der Waals surface area contributed by atoms with Gasteiger partial charge in [0.1, 0.15) is 5.60 Å². The number of hydrogen-bond donors (Lipinski definition) is 2. The maximum absolute atomic E-state index is 12.1. The number of phosphoric ester groups is 1. The van der Waals surface area contributed by atoms with E-state index in [4.69, 9.17) is 4.52 Å². The molecule has 156 valence electrons. The molecular weight excluding hydrogens is 359 g/mol. The zero-order valence-electron chi connectivity index (χ0n) is 17.6. The van der Waals surface area contributed by atoms with Crippen molar-refractivity contribution < 1.29 is 18.9 Å². The minimum Gasteiger partial charge on any atom is -0.303 e. The SMILES string of the molecule is CCCCC(CC)CC(OP(=O)(O)O)(c1ccccc1)C(CC)CCCC. The zero-order chi connectivity index (χ0) is 20.3. The molecule has 0 bridgehead atoms. The normalized spacial score (nSPS) is 16.7. The maximum Gasteiger partial charge on any atom is 0.470 e. The Balaban J connectivity index is 3.43. The second-order valence-electron chi connectivity index (χ2n) is 7.71. The Morgan fingerprint density at radius 3 is 2.04 bits per heavy atom. The first-order valence-corrected chi connectivity index (χ1v) is 12.2. The molecule has 0 fully saturated rings. The van der Waals surface area contributed by atoms with Crippen LogP contribution in [-0.2, 0) is 14.7 Å². The molecule has 27 heavy (non-hydrogen) atoms. The van der Waals surface area contributed by atoms with Gasteiger partial charge < -0.3 is 9.79 Å². The van der Waals surface area contributed by atoms with Crippen LogP contribution < -0.4 is 0 Å². The molecular formula is C22H39O4P. The topological polar surface area (TPSA) is 66.8 Å². The highest BCUT2D eigenvalue weighted by atomic mass is 31.2. The van der Waals surface area contributed by atoms with E-state index < -0.39 is 13.4 Å². The van der Waals surface area contributed by atoms with Gasteiger partial charge in [-0.3, -0.25) is 4.52 Å². The highest BCUT2D eigenvalue weighted by Crippen LogP contribution is 2.54. The summed E-state index contributed by atoms with van der Waals surface area (Å²) in [5.74, 6) is 0.454. The van der Waals surface area contributed by atoms with Crippen molar-refractivity contribution in [2.24, 2.45) is 11.8 Å². The smallest absolute Gasteiger partial charge is 0.303 e. The van der Waals surface area contributed by atoms with Crippen LogP contribution in [0.1, 0.15) is 91.0 Å². The van der Waals surface area contributed by atoms with Gasteiger partial charge in [0.05, 0.1) is 0 Å². The van der Waals surface area contributed by atoms with Crippen molar-refractivity contribution in [2.75, 3.05) is 0 Å². The van der Waals surface area contributed by atoms with Crippen LogP contribution in [0, 0.1) is 11.8 Å². The summed E-state index contributed by atoms with van der Waals surface area (Å²) < 4.78 is 17.8. The average molecular weight is 399 g/mol. The van der Waals surface area contributed by atoms with Crippen LogP contribution in [0.2, 0.25) is 0 Å². The second-order valence-corrected chi connectivity index (χ2v) is 8.87. The number of benzene rings is 1. The van der Waals surface area contributed by atoms with Gasteiger partial charge in [0.15, 0.2) is 0 Å². The molecule has 3 atom stereocenters. The molecule has 5 heteroatoms. The van der Waals surface area contributed by atoms with Crippen LogP contribution in [0.5, 0.6) is 0 Å². The molecule has 4 nitrogen and oxygen atoms in total. The predicted molar refractivity (Wildman–Crippen MR) is 112 cm³/mol. The Labute approximate surface area is 166 Å². The molecule has 0 spiro atoms. The highest BCUT2D eigenvalue weighted by Gasteiger charge is 2.46. The van der Waals surface area contributed by atoms with Gasteiger partial charge >= 0.3 is 7.82 Å². The zero-order valence-corrected chi connectivity index (χ0v) is 18.5. The predicted octanol–water partition coefficient (Wildman–Crippen LogP) is 6.81. The largest absolute Gasteiger partial charge is 0.470 e. The van der Waals surface area contributed by atoms with Gasteiger partial charge in [-0.05, 0) is 30.2 Å². The second kappa shape index (κ2) is 12.0. The first-order chi connectivity index (χ1) is 12.8. The molecule has 0 saturated carbocycles. The minimum atomic E-state index is -4.64. The van der Waals surface area contributed by atoms with Crippen LogP contribution in [0.25, 0.3) is 0 Å². The number of unbranched alkanes of at least 4 members (excludes halogenated alkanes) is 2. The van der Waals surface area contributed by atoms with E-state index in [-0.39, 0.29) is 5.92 Å². The summed E-state index contributed by atoms with van der Waals surface area (Å²) in [5, 5.41) is 0. The van der Waals surface area contributed by atoms with E-state index in [0.717, 1.165) is 56.9 Å². The van der Waals surface area contributed by atoms with Crippen LogP contribution in [0.15, 0.2) is 30.3 Å². The lowest BCUT2D eigenvalue weighted by molar-refractivity contribution is -0.0477. The number of hydrogen-bond acceptors (Lipinski definition) is 2. The molecule has 1 aromatic rings. The van der Waals surface area contributed by atoms with Crippen molar-refractivity contribution in [2.45, 2.75) is 91.1 Å². The van der Waals surface area contributed by atoms with Crippen molar-refractivity contribution in [3.8, 4) is 0 Å². The molecule has 0 aliphatic carbocycles. The van der Waals surface area contributed by atoms with Gasteiger partial charge in [-0.1, -0.05) is 103 Å². The van der Waals surface area contributed by atoms with E-state index in [0.29, 0.717) is 12.3 Å². The molecule has 1 aromatic carbocycles. The van der Waals surface area contributed by atoms with Crippen LogP contribution in [0.3, 0.4) is 0 Å². The van der Waals surface area contributed by atoms with Gasteiger partial charge in [-0.15, -0.1) is 0 Å². The van der Waals surface area contributed by atoms with Crippen LogP contribution in [-0.4, -0.2) is 9.79 Å². The lowest BCUT2D eigenvalue weighted by atomic mass is 9.71. The first-order valence-electron chi connectivity index (χ1n) is 10.6. The molecule has 0 radical (unpaired) electrons. The van der Waals surface area contributed by atoms with Crippen molar-refractivity contribution in [1.82, 2.24) is 0 Å². The fourth-order valence-electron chi connectivity index (χ4n) is 4.21. The Bertz CT molecular complexity index is 557. The Morgan fingerprint density at radius 2 is 1.56 bits per heavy atom. The summed E-state index contributed by atoms with van der Waals surface area (Å²) in [5.41, 5.74) is -0.0512. The molecule has 3 unspecified atom stereocenters. The van der Waals surface area contributed by atoms with E-state index >= 15 is 0 Å². The molecule has 2 N–H and O–H groups in total. The lowest BCUT2D eigenvalue weighted by Gasteiger charge is -2.43. The third kappa shape index (κ3) is 7.69. The van der Waals surface area contributed by atoms with Gasteiger partial charge in [-0.25, -0.2) is 4.57 Å². The third-order valence-corrected chi connectivity index (χ3v) is 6.30. The van der Waals surface area contributed by atoms with E-state index in [1.54, 1.807) is 0 Å². The standard InChI is InChI=1S/C22H39O4P/c1-5-9-14-19(7-3)18-22(26-27(23,24)25,20(8-4)15-10-6-2)21-16-12-11-13-17-21/h11-13,16-17,19-20H,5-10,14-15,18H2,1-4H3,(H2,23,24,25). The van der Waals surface area contributed by atoms with E-state index in [9.17, 15) is 14.4 Å². The maximum atomic E-state index is 12.1. The molecule has 1 rings (SSSR count).